The number of halogens is 3. The second-order valence-corrected chi connectivity index (χ2v) is 9.98. The van der Waals surface area contributed by atoms with Crippen LogP contribution in [0.4, 0.5) is 13.2 Å². The van der Waals surface area contributed by atoms with Gasteiger partial charge in [0.2, 0.25) is 17.6 Å². The summed E-state index contributed by atoms with van der Waals surface area (Å²) in [7, 11) is 0. The summed E-state index contributed by atoms with van der Waals surface area (Å²) in [4.78, 5) is 40.3. The van der Waals surface area contributed by atoms with Crippen LogP contribution in [0.3, 0.4) is 0 Å². The molecule has 1 heterocycles. The molecule has 1 fully saturated rings. The lowest BCUT2D eigenvalue weighted by molar-refractivity contribution is -0.274. The summed E-state index contributed by atoms with van der Waals surface area (Å²) >= 11 is 0. The minimum atomic E-state index is -4.86. The molecule has 2 N–H and O–H groups in total. The maximum atomic E-state index is 13.7. The molecule has 4 rings (SSSR count). The topological polar surface area (TPSA) is 123 Å². The Kier molecular flexibility index (Phi) is 9.41. The van der Waals surface area contributed by atoms with E-state index in [2.05, 4.69) is 25.6 Å². The van der Waals surface area contributed by atoms with Crippen molar-refractivity contribution in [2.45, 2.75) is 76.2 Å². The summed E-state index contributed by atoms with van der Waals surface area (Å²) in [5.41, 5.74) is -0.587. The zero-order valence-corrected chi connectivity index (χ0v) is 22.5. The van der Waals surface area contributed by atoms with Gasteiger partial charge in [-0.25, -0.2) is 0 Å². The van der Waals surface area contributed by atoms with Gasteiger partial charge in [-0.2, -0.15) is 0 Å². The van der Waals surface area contributed by atoms with Crippen molar-refractivity contribution in [1.29, 1.82) is 0 Å². The lowest BCUT2D eigenvalue weighted by Crippen LogP contribution is -2.62. The predicted octanol–water partition coefficient (Wildman–Crippen LogP) is 5.63. The molecule has 2 amide bonds. The van der Waals surface area contributed by atoms with E-state index >= 15 is 0 Å². The molecular formula is C29H31F3N4O5. The van der Waals surface area contributed by atoms with E-state index in [1.54, 1.807) is 24.3 Å². The number of alkyl halides is 3. The highest BCUT2D eigenvalue weighted by atomic mass is 19.4. The van der Waals surface area contributed by atoms with Crippen LogP contribution in [0, 0.1) is 0 Å². The molecule has 0 aliphatic heterocycles. The number of nitrogens with zero attached hydrogens (tertiary/aromatic N) is 2. The molecule has 3 aromatic rings. The Bertz CT molecular complexity index is 1340. The molecule has 0 unspecified atom stereocenters. The number of benzene rings is 2. The number of unbranched alkanes of at least 4 members (excludes halogenated alkanes) is 1. The van der Waals surface area contributed by atoms with E-state index < -0.39 is 41.3 Å². The normalized spacial score (nSPS) is 15.5. The van der Waals surface area contributed by atoms with Crippen LogP contribution in [-0.2, 0) is 4.79 Å². The van der Waals surface area contributed by atoms with Crippen LogP contribution in [0.2, 0.25) is 0 Å². The quantitative estimate of drug-likeness (QED) is 0.286. The average molecular weight is 573 g/mol. The van der Waals surface area contributed by atoms with E-state index in [-0.39, 0.29) is 17.3 Å². The van der Waals surface area contributed by atoms with Crippen LogP contribution in [0.1, 0.15) is 79.3 Å². The summed E-state index contributed by atoms with van der Waals surface area (Å²) in [5, 5.41) is 13.5. The first-order valence-electron chi connectivity index (χ1n) is 13.5. The standard InChI is InChI=1S/C29H31F3N4O5/c1-2-3-12-22(23(37)26-36-35-25(40-26)20-10-6-4-7-11-20)33-27(39)28(17-8-5-9-18-28)34-24(38)19-13-15-21(16-14-19)41-29(30,31)32/h4,6-7,10-11,13-16,22H,2-3,5,8-9,12,17-18H2,1H3,(H,33,39)(H,34,38)/t22-/m0/s1. The number of hydrogen-bond donors (Lipinski definition) is 2. The molecule has 1 aliphatic rings. The molecule has 1 aromatic heterocycles. The van der Waals surface area contributed by atoms with Gasteiger partial charge in [0.05, 0.1) is 6.04 Å². The smallest absolute Gasteiger partial charge is 0.414 e. The maximum Gasteiger partial charge on any atom is 0.573 e. The van der Waals surface area contributed by atoms with Gasteiger partial charge in [0.15, 0.2) is 0 Å². The van der Waals surface area contributed by atoms with Gasteiger partial charge in [0.1, 0.15) is 11.3 Å². The number of ether oxygens (including phenoxy) is 1. The first-order valence-corrected chi connectivity index (χ1v) is 13.5. The van der Waals surface area contributed by atoms with Gasteiger partial charge in [0.25, 0.3) is 11.8 Å². The predicted molar refractivity (Wildman–Crippen MR) is 142 cm³/mol. The molecule has 1 atom stereocenters. The Labute approximate surface area is 234 Å². The summed E-state index contributed by atoms with van der Waals surface area (Å²) < 4.78 is 47.0. The molecular weight excluding hydrogens is 541 g/mol. The molecule has 1 saturated carbocycles. The Balaban J connectivity index is 1.51. The minimum absolute atomic E-state index is 0.0650. The Morgan fingerprint density at radius 2 is 1.68 bits per heavy atom. The van der Waals surface area contributed by atoms with Crippen molar-refractivity contribution in [3.05, 3.63) is 66.1 Å². The first kappa shape index (κ1) is 29.8. The molecule has 0 spiro atoms. The molecule has 0 radical (unpaired) electrons. The molecule has 0 saturated heterocycles. The maximum absolute atomic E-state index is 13.7. The Morgan fingerprint density at radius 1 is 1.00 bits per heavy atom. The van der Waals surface area contributed by atoms with Gasteiger partial charge in [0, 0.05) is 11.1 Å². The molecule has 2 aromatic carbocycles. The number of ketones is 1. The van der Waals surface area contributed by atoms with Crippen molar-refractivity contribution in [2.75, 3.05) is 0 Å². The average Bonchev–Trinajstić information content (AvgIpc) is 3.46. The molecule has 1 aliphatic carbocycles. The molecule has 9 nitrogen and oxygen atoms in total. The number of nitrogens with one attached hydrogen (secondary N) is 2. The molecule has 218 valence electrons. The minimum Gasteiger partial charge on any atom is -0.414 e. The fourth-order valence-corrected chi connectivity index (χ4v) is 4.80. The monoisotopic (exact) mass is 572 g/mol. The summed E-state index contributed by atoms with van der Waals surface area (Å²) in [6.07, 6.45) is -0.222. The van der Waals surface area contributed by atoms with E-state index in [1.165, 1.54) is 12.1 Å². The van der Waals surface area contributed by atoms with E-state index in [9.17, 15) is 27.6 Å². The van der Waals surface area contributed by atoms with Crippen molar-refractivity contribution in [3.8, 4) is 17.2 Å². The Morgan fingerprint density at radius 3 is 2.32 bits per heavy atom. The number of aromatic nitrogens is 2. The van der Waals surface area contributed by atoms with Gasteiger partial charge in [-0.05, 0) is 55.7 Å². The van der Waals surface area contributed by atoms with Crippen LogP contribution < -0.4 is 15.4 Å². The lowest BCUT2D eigenvalue weighted by atomic mass is 9.80. The Hall–Kier alpha value is -4.22. The van der Waals surface area contributed by atoms with Gasteiger partial charge in [-0.15, -0.1) is 23.4 Å². The van der Waals surface area contributed by atoms with Crippen LogP contribution in [-0.4, -0.2) is 45.7 Å². The third-order valence-corrected chi connectivity index (χ3v) is 6.97. The number of rotatable bonds is 11. The second-order valence-electron chi connectivity index (χ2n) is 9.98. The third kappa shape index (κ3) is 7.71. The molecule has 0 bridgehead atoms. The second kappa shape index (κ2) is 13.0. The van der Waals surface area contributed by atoms with Crippen molar-refractivity contribution >= 4 is 17.6 Å². The number of amides is 2. The zero-order chi connectivity index (χ0) is 29.5. The summed E-state index contributed by atoms with van der Waals surface area (Å²) in [6, 6.07) is 12.5. The lowest BCUT2D eigenvalue weighted by Gasteiger charge is -2.37. The third-order valence-electron chi connectivity index (χ3n) is 6.97. The van der Waals surface area contributed by atoms with Crippen LogP contribution in [0.25, 0.3) is 11.5 Å². The fraction of sp³-hybridized carbons (Fsp3) is 0.414. The molecule has 41 heavy (non-hydrogen) atoms. The first-order chi connectivity index (χ1) is 19.6. The highest BCUT2D eigenvalue weighted by Gasteiger charge is 2.43. The van der Waals surface area contributed by atoms with Crippen LogP contribution >= 0.6 is 0 Å². The van der Waals surface area contributed by atoms with Crippen molar-refractivity contribution in [1.82, 2.24) is 20.8 Å². The number of carbonyl (C=O) groups is 3. The molecule has 12 heteroatoms. The SMILES string of the molecule is CCCC[C@H](NC(=O)C1(NC(=O)c2ccc(OC(F)(F)F)cc2)CCCCC1)C(=O)c1nnc(-c2ccccc2)o1. The van der Waals surface area contributed by atoms with E-state index in [0.717, 1.165) is 25.0 Å². The van der Waals surface area contributed by atoms with E-state index in [0.29, 0.717) is 44.1 Å². The van der Waals surface area contributed by atoms with Gasteiger partial charge in [-0.1, -0.05) is 57.2 Å². The van der Waals surface area contributed by atoms with E-state index in [4.69, 9.17) is 4.42 Å². The zero-order valence-electron chi connectivity index (χ0n) is 22.5. The van der Waals surface area contributed by atoms with Gasteiger partial charge >= 0.3 is 6.36 Å². The number of Topliss-reactive ketones (excluding diaryl/α,β-unsaturated/α-hetero) is 1. The highest BCUT2D eigenvalue weighted by molar-refractivity contribution is 6.02. The van der Waals surface area contributed by atoms with Crippen LogP contribution in [0.15, 0.2) is 59.0 Å². The fourth-order valence-electron chi connectivity index (χ4n) is 4.80. The van der Waals surface area contributed by atoms with Crippen molar-refractivity contribution in [3.63, 3.8) is 0 Å². The van der Waals surface area contributed by atoms with Gasteiger partial charge in [-0.3, -0.25) is 14.4 Å². The van der Waals surface area contributed by atoms with Crippen LogP contribution in [0.5, 0.6) is 5.75 Å². The largest absolute Gasteiger partial charge is 0.573 e. The highest BCUT2D eigenvalue weighted by Crippen LogP contribution is 2.30. The van der Waals surface area contributed by atoms with E-state index in [1.807, 2.05) is 13.0 Å². The van der Waals surface area contributed by atoms with Crippen molar-refractivity contribution < 1.29 is 36.7 Å². The van der Waals surface area contributed by atoms with Crippen molar-refractivity contribution in [2.24, 2.45) is 0 Å². The summed E-state index contributed by atoms with van der Waals surface area (Å²) in [5.74, 6) is -2.18. The van der Waals surface area contributed by atoms with Gasteiger partial charge < -0.3 is 19.8 Å². The number of hydrogen-bond acceptors (Lipinski definition) is 7. The summed E-state index contributed by atoms with van der Waals surface area (Å²) in [6.45, 7) is 1.96. The number of carbonyl (C=O) groups excluding carboxylic acids is 3.